The standard InChI is InChI=1S/C11H11ClFN5O/c12-7-1-2-9(13)10(3-7)18-6-8(16-17-18)5-15-11(19)4-14/h1-3,6H,4-5,14H2,(H,15,19). The predicted octanol–water partition coefficient (Wildman–Crippen LogP) is 0.635. The summed E-state index contributed by atoms with van der Waals surface area (Å²) < 4.78 is 14.9. The summed E-state index contributed by atoms with van der Waals surface area (Å²) in [4.78, 5) is 11.0. The molecule has 1 heterocycles. The minimum atomic E-state index is -0.466. The first-order valence-electron chi connectivity index (χ1n) is 5.43. The van der Waals surface area contributed by atoms with Gasteiger partial charge in [-0.25, -0.2) is 9.07 Å². The third-order valence-corrected chi connectivity index (χ3v) is 2.58. The van der Waals surface area contributed by atoms with E-state index < -0.39 is 5.82 Å². The van der Waals surface area contributed by atoms with Crippen LogP contribution < -0.4 is 11.1 Å². The molecule has 19 heavy (non-hydrogen) atoms. The number of halogens is 2. The first-order valence-corrected chi connectivity index (χ1v) is 5.81. The average Bonchev–Trinajstić information content (AvgIpc) is 2.87. The molecule has 0 atom stereocenters. The number of benzene rings is 1. The van der Waals surface area contributed by atoms with Gasteiger partial charge in [-0.3, -0.25) is 4.79 Å². The van der Waals surface area contributed by atoms with Crippen LogP contribution in [0.15, 0.2) is 24.4 Å². The first kappa shape index (κ1) is 13.4. The molecular weight excluding hydrogens is 273 g/mol. The minimum absolute atomic E-state index is 0.100. The maximum atomic E-state index is 13.6. The topological polar surface area (TPSA) is 85.8 Å². The lowest BCUT2D eigenvalue weighted by Crippen LogP contribution is -2.29. The van der Waals surface area contributed by atoms with Crippen LogP contribution in [-0.2, 0) is 11.3 Å². The largest absolute Gasteiger partial charge is 0.349 e. The fraction of sp³-hybridized carbons (Fsp3) is 0.182. The SMILES string of the molecule is NCC(=O)NCc1cn(-c2cc(Cl)ccc2F)nn1. The molecule has 0 aliphatic rings. The molecule has 0 aliphatic carbocycles. The van der Waals surface area contributed by atoms with E-state index in [1.807, 2.05) is 0 Å². The molecule has 0 unspecified atom stereocenters. The van der Waals surface area contributed by atoms with Gasteiger partial charge < -0.3 is 11.1 Å². The van der Waals surface area contributed by atoms with Crippen molar-refractivity contribution in [3.63, 3.8) is 0 Å². The van der Waals surface area contributed by atoms with Crippen LogP contribution in [0.1, 0.15) is 5.69 Å². The van der Waals surface area contributed by atoms with E-state index in [-0.39, 0.29) is 24.7 Å². The number of carbonyl (C=O) groups is 1. The van der Waals surface area contributed by atoms with E-state index in [1.54, 1.807) is 0 Å². The quantitative estimate of drug-likeness (QED) is 0.862. The molecule has 0 spiro atoms. The molecule has 8 heteroatoms. The molecule has 1 aromatic heterocycles. The monoisotopic (exact) mass is 283 g/mol. The van der Waals surface area contributed by atoms with Crippen molar-refractivity contribution in [3.8, 4) is 5.69 Å². The molecule has 2 aromatic rings. The van der Waals surface area contributed by atoms with E-state index in [0.29, 0.717) is 10.7 Å². The van der Waals surface area contributed by atoms with Gasteiger partial charge in [-0.1, -0.05) is 16.8 Å². The Hall–Kier alpha value is -1.99. The van der Waals surface area contributed by atoms with E-state index in [1.165, 1.54) is 29.1 Å². The summed E-state index contributed by atoms with van der Waals surface area (Å²) in [5.74, 6) is -0.768. The van der Waals surface area contributed by atoms with Gasteiger partial charge in [-0.05, 0) is 18.2 Å². The number of hydrogen-bond acceptors (Lipinski definition) is 4. The molecule has 0 fully saturated rings. The highest BCUT2D eigenvalue weighted by Crippen LogP contribution is 2.18. The second kappa shape index (κ2) is 5.77. The van der Waals surface area contributed by atoms with E-state index in [4.69, 9.17) is 17.3 Å². The third-order valence-electron chi connectivity index (χ3n) is 2.35. The molecule has 0 aliphatic heterocycles. The Labute approximate surface area is 113 Å². The Morgan fingerprint density at radius 1 is 1.53 bits per heavy atom. The predicted molar refractivity (Wildman–Crippen MR) is 67.2 cm³/mol. The Kier molecular flexibility index (Phi) is 4.08. The summed E-state index contributed by atoms with van der Waals surface area (Å²) in [5, 5.41) is 10.5. The van der Waals surface area contributed by atoms with Gasteiger partial charge in [0.05, 0.1) is 19.3 Å². The van der Waals surface area contributed by atoms with Crippen LogP contribution >= 0.6 is 11.6 Å². The molecular formula is C11H11ClFN5O. The van der Waals surface area contributed by atoms with Gasteiger partial charge in [0.1, 0.15) is 17.2 Å². The second-order valence-electron chi connectivity index (χ2n) is 3.73. The highest BCUT2D eigenvalue weighted by molar-refractivity contribution is 6.30. The number of carbonyl (C=O) groups excluding carboxylic acids is 1. The number of aromatic nitrogens is 3. The number of nitrogens with two attached hydrogens (primary N) is 1. The molecule has 0 saturated carbocycles. The van der Waals surface area contributed by atoms with Crippen molar-refractivity contribution in [1.29, 1.82) is 0 Å². The van der Waals surface area contributed by atoms with Crippen molar-refractivity contribution < 1.29 is 9.18 Å². The van der Waals surface area contributed by atoms with Crippen LogP contribution in [0.25, 0.3) is 5.69 Å². The normalized spacial score (nSPS) is 10.5. The lowest BCUT2D eigenvalue weighted by atomic mass is 10.3. The smallest absolute Gasteiger partial charge is 0.234 e. The van der Waals surface area contributed by atoms with Crippen LogP contribution in [0.3, 0.4) is 0 Å². The van der Waals surface area contributed by atoms with Crippen molar-refractivity contribution in [2.75, 3.05) is 6.54 Å². The van der Waals surface area contributed by atoms with Gasteiger partial charge in [0, 0.05) is 5.02 Å². The maximum absolute atomic E-state index is 13.6. The first-order chi connectivity index (χ1) is 9.10. The Morgan fingerprint density at radius 2 is 2.32 bits per heavy atom. The highest BCUT2D eigenvalue weighted by Gasteiger charge is 2.09. The zero-order valence-corrected chi connectivity index (χ0v) is 10.6. The fourth-order valence-electron chi connectivity index (χ4n) is 1.42. The molecule has 6 nitrogen and oxygen atoms in total. The van der Waals surface area contributed by atoms with Crippen LogP contribution in [0.5, 0.6) is 0 Å². The maximum Gasteiger partial charge on any atom is 0.234 e. The van der Waals surface area contributed by atoms with E-state index in [2.05, 4.69) is 15.6 Å². The van der Waals surface area contributed by atoms with Crippen LogP contribution in [-0.4, -0.2) is 27.4 Å². The van der Waals surface area contributed by atoms with Crippen LogP contribution in [0.2, 0.25) is 5.02 Å². The van der Waals surface area contributed by atoms with Crippen LogP contribution in [0.4, 0.5) is 4.39 Å². The molecule has 100 valence electrons. The molecule has 0 bridgehead atoms. The van der Waals surface area contributed by atoms with Crippen molar-refractivity contribution in [2.24, 2.45) is 5.73 Å². The fourth-order valence-corrected chi connectivity index (χ4v) is 1.59. The van der Waals surface area contributed by atoms with Gasteiger partial charge in [0.15, 0.2) is 0 Å². The van der Waals surface area contributed by atoms with E-state index >= 15 is 0 Å². The lowest BCUT2D eigenvalue weighted by Gasteiger charge is -2.02. The highest BCUT2D eigenvalue weighted by atomic mass is 35.5. The summed E-state index contributed by atoms with van der Waals surface area (Å²) in [6.45, 7) is 0.0786. The van der Waals surface area contributed by atoms with Crippen molar-refractivity contribution in [2.45, 2.75) is 6.54 Å². The van der Waals surface area contributed by atoms with Crippen molar-refractivity contribution >= 4 is 17.5 Å². The number of nitrogens with one attached hydrogen (secondary N) is 1. The lowest BCUT2D eigenvalue weighted by molar-refractivity contribution is -0.119. The zero-order valence-electron chi connectivity index (χ0n) is 9.81. The van der Waals surface area contributed by atoms with Gasteiger partial charge in [-0.15, -0.1) is 5.10 Å². The number of nitrogens with zero attached hydrogens (tertiary/aromatic N) is 3. The summed E-state index contributed by atoms with van der Waals surface area (Å²) >= 11 is 5.80. The molecule has 1 amide bonds. The average molecular weight is 284 g/mol. The third kappa shape index (κ3) is 3.27. The summed E-state index contributed by atoms with van der Waals surface area (Å²) in [7, 11) is 0. The zero-order chi connectivity index (χ0) is 13.8. The van der Waals surface area contributed by atoms with Gasteiger partial charge in [0.2, 0.25) is 5.91 Å². The molecule has 1 aromatic carbocycles. The molecule has 3 N–H and O–H groups in total. The van der Waals surface area contributed by atoms with E-state index in [9.17, 15) is 9.18 Å². The minimum Gasteiger partial charge on any atom is -0.349 e. The van der Waals surface area contributed by atoms with Gasteiger partial charge in [0.25, 0.3) is 0 Å². The summed E-state index contributed by atoms with van der Waals surface area (Å²) in [6.07, 6.45) is 1.51. The molecule has 2 rings (SSSR count). The number of amides is 1. The number of hydrogen-bond donors (Lipinski definition) is 2. The Bertz CT molecular complexity index is 601. The van der Waals surface area contributed by atoms with Crippen molar-refractivity contribution in [1.82, 2.24) is 20.3 Å². The Balaban J connectivity index is 2.16. The van der Waals surface area contributed by atoms with Crippen LogP contribution in [0, 0.1) is 5.82 Å². The Morgan fingerprint density at radius 3 is 3.05 bits per heavy atom. The summed E-state index contributed by atoms with van der Waals surface area (Å²) in [5.41, 5.74) is 5.83. The second-order valence-corrected chi connectivity index (χ2v) is 4.17. The van der Waals surface area contributed by atoms with Gasteiger partial charge in [-0.2, -0.15) is 0 Å². The van der Waals surface area contributed by atoms with E-state index in [0.717, 1.165) is 0 Å². The summed E-state index contributed by atoms with van der Waals surface area (Å²) in [6, 6.07) is 4.13. The van der Waals surface area contributed by atoms with Crippen molar-refractivity contribution in [3.05, 3.63) is 40.9 Å². The molecule has 0 radical (unpaired) electrons. The number of rotatable bonds is 4. The van der Waals surface area contributed by atoms with Gasteiger partial charge >= 0.3 is 0 Å². The molecule has 0 saturated heterocycles.